The van der Waals surface area contributed by atoms with Crippen molar-refractivity contribution in [2.24, 2.45) is 0 Å². The smallest absolute Gasteiger partial charge is 0.0805 e. The van der Waals surface area contributed by atoms with Gasteiger partial charge in [-0.05, 0) is 12.1 Å². The molecule has 0 aromatic heterocycles. The van der Waals surface area contributed by atoms with Crippen molar-refractivity contribution >= 4 is 51.8 Å². The lowest BCUT2D eigenvalue weighted by atomic mass is 10.3. The van der Waals surface area contributed by atoms with Crippen LogP contribution in [-0.4, -0.2) is 0 Å². The minimum absolute atomic E-state index is 0.641. The van der Waals surface area contributed by atoms with Crippen molar-refractivity contribution in [2.75, 3.05) is 3.53 Å². The van der Waals surface area contributed by atoms with Crippen LogP contribution in [0.5, 0.6) is 0 Å². The second kappa shape index (κ2) is 3.64. The zero-order valence-electron chi connectivity index (χ0n) is 4.87. The van der Waals surface area contributed by atoms with Gasteiger partial charge >= 0.3 is 0 Å². The summed E-state index contributed by atoms with van der Waals surface area (Å²) in [5, 5.41) is 1.28. The standard InChI is InChI=1S/C6H4Cl2IN/c7-4-2-1-3-5(8)6(4)10-9/h1-3,10H. The van der Waals surface area contributed by atoms with Gasteiger partial charge in [-0.2, -0.15) is 0 Å². The highest BCUT2D eigenvalue weighted by Gasteiger charge is 2.01. The number of nitrogens with one attached hydrogen (secondary N) is 1. The summed E-state index contributed by atoms with van der Waals surface area (Å²) >= 11 is 13.5. The molecule has 0 fully saturated rings. The lowest BCUT2D eigenvalue weighted by molar-refractivity contribution is 1.69. The lowest BCUT2D eigenvalue weighted by Crippen LogP contribution is -1.81. The number of halogens is 3. The largest absolute Gasteiger partial charge is 0.326 e. The summed E-state index contributed by atoms with van der Waals surface area (Å²) in [6, 6.07) is 5.38. The van der Waals surface area contributed by atoms with Crippen LogP contribution < -0.4 is 3.53 Å². The molecule has 0 spiro atoms. The Morgan fingerprint density at radius 2 is 1.70 bits per heavy atom. The van der Waals surface area contributed by atoms with Crippen molar-refractivity contribution in [1.82, 2.24) is 0 Å². The first-order chi connectivity index (χ1) is 4.75. The Hall–Kier alpha value is 0.330. The van der Waals surface area contributed by atoms with Gasteiger partial charge in [0.25, 0.3) is 0 Å². The van der Waals surface area contributed by atoms with Crippen molar-refractivity contribution in [3.63, 3.8) is 0 Å². The van der Waals surface area contributed by atoms with Gasteiger partial charge in [0.05, 0.1) is 38.6 Å². The SMILES string of the molecule is Clc1cccc(Cl)c1NI. The monoisotopic (exact) mass is 287 g/mol. The van der Waals surface area contributed by atoms with E-state index < -0.39 is 0 Å². The third-order valence-electron chi connectivity index (χ3n) is 1.06. The minimum Gasteiger partial charge on any atom is -0.326 e. The highest BCUT2D eigenvalue weighted by atomic mass is 127. The molecule has 0 amide bonds. The third kappa shape index (κ3) is 1.68. The molecule has 1 aromatic rings. The van der Waals surface area contributed by atoms with Crippen LogP contribution in [0.15, 0.2) is 18.2 Å². The molecule has 0 aliphatic carbocycles. The second-order valence-corrected chi connectivity index (χ2v) is 3.04. The minimum atomic E-state index is 0.641. The Balaban J connectivity index is 3.17. The molecule has 0 bridgehead atoms. The Bertz CT molecular complexity index is 219. The average molecular weight is 288 g/mol. The van der Waals surface area contributed by atoms with Crippen molar-refractivity contribution in [3.05, 3.63) is 28.2 Å². The van der Waals surface area contributed by atoms with Gasteiger partial charge in [-0.3, -0.25) is 0 Å². The fourth-order valence-electron chi connectivity index (χ4n) is 0.588. The Morgan fingerprint density at radius 1 is 1.20 bits per heavy atom. The van der Waals surface area contributed by atoms with Gasteiger partial charge in [0.1, 0.15) is 0 Å². The van der Waals surface area contributed by atoms with E-state index in [0.29, 0.717) is 10.0 Å². The van der Waals surface area contributed by atoms with Gasteiger partial charge in [-0.25, -0.2) is 0 Å². The summed E-state index contributed by atoms with van der Waals surface area (Å²) in [6.45, 7) is 0. The van der Waals surface area contributed by atoms with Gasteiger partial charge in [0.15, 0.2) is 0 Å². The van der Waals surface area contributed by atoms with Crippen LogP contribution in [0, 0.1) is 0 Å². The van der Waals surface area contributed by atoms with Crippen LogP contribution in [-0.2, 0) is 0 Å². The van der Waals surface area contributed by atoms with Gasteiger partial charge in [0.2, 0.25) is 0 Å². The summed E-state index contributed by atoms with van der Waals surface area (Å²) < 4.78 is 2.87. The first kappa shape index (κ1) is 8.43. The molecule has 0 saturated carbocycles. The molecule has 0 atom stereocenters. The zero-order valence-corrected chi connectivity index (χ0v) is 8.54. The normalized spacial score (nSPS) is 9.50. The molecular weight excluding hydrogens is 284 g/mol. The van der Waals surface area contributed by atoms with E-state index in [1.165, 1.54) is 0 Å². The van der Waals surface area contributed by atoms with Crippen LogP contribution >= 0.6 is 46.1 Å². The summed E-state index contributed by atoms with van der Waals surface area (Å²) in [5.74, 6) is 0. The van der Waals surface area contributed by atoms with Crippen molar-refractivity contribution in [2.45, 2.75) is 0 Å². The number of para-hydroxylation sites is 1. The maximum atomic E-state index is 5.78. The van der Waals surface area contributed by atoms with E-state index in [1.807, 2.05) is 28.9 Å². The van der Waals surface area contributed by atoms with Crippen molar-refractivity contribution in [1.29, 1.82) is 0 Å². The number of rotatable bonds is 1. The van der Waals surface area contributed by atoms with E-state index in [2.05, 4.69) is 3.53 Å². The number of anilines is 1. The molecule has 0 saturated heterocycles. The predicted molar refractivity (Wildman–Crippen MR) is 54.1 cm³/mol. The van der Waals surface area contributed by atoms with Gasteiger partial charge in [-0.15, -0.1) is 0 Å². The number of hydrogen-bond acceptors (Lipinski definition) is 1. The highest BCUT2D eigenvalue weighted by Crippen LogP contribution is 2.30. The van der Waals surface area contributed by atoms with Crippen LogP contribution in [0.4, 0.5) is 5.69 Å². The Morgan fingerprint density at radius 3 is 2.00 bits per heavy atom. The highest BCUT2D eigenvalue weighted by molar-refractivity contribution is 14.1. The molecule has 1 rings (SSSR count). The summed E-state index contributed by atoms with van der Waals surface area (Å²) in [6.07, 6.45) is 0. The van der Waals surface area contributed by atoms with Crippen molar-refractivity contribution < 1.29 is 0 Å². The van der Waals surface area contributed by atoms with Gasteiger partial charge in [0, 0.05) is 0 Å². The fourth-order valence-corrected chi connectivity index (χ4v) is 1.98. The quantitative estimate of drug-likeness (QED) is 0.613. The Kier molecular flexibility index (Phi) is 3.07. The van der Waals surface area contributed by atoms with E-state index in [4.69, 9.17) is 23.2 Å². The van der Waals surface area contributed by atoms with Crippen LogP contribution in [0.2, 0.25) is 10.0 Å². The third-order valence-corrected chi connectivity index (χ3v) is 2.23. The van der Waals surface area contributed by atoms with Gasteiger partial charge < -0.3 is 3.53 Å². The van der Waals surface area contributed by atoms with Crippen LogP contribution in [0.25, 0.3) is 0 Å². The van der Waals surface area contributed by atoms with Gasteiger partial charge in [-0.1, -0.05) is 29.3 Å². The first-order valence-corrected chi connectivity index (χ1v) is 4.40. The van der Waals surface area contributed by atoms with E-state index >= 15 is 0 Å². The molecule has 1 nitrogen and oxygen atoms in total. The van der Waals surface area contributed by atoms with E-state index in [9.17, 15) is 0 Å². The van der Waals surface area contributed by atoms with E-state index in [-0.39, 0.29) is 0 Å². The first-order valence-electron chi connectivity index (χ1n) is 2.56. The summed E-state index contributed by atoms with van der Waals surface area (Å²) in [4.78, 5) is 0. The van der Waals surface area contributed by atoms with E-state index in [1.54, 1.807) is 12.1 Å². The number of benzene rings is 1. The fraction of sp³-hybridized carbons (Fsp3) is 0. The molecule has 54 valence electrons. The lowest BCUT2D eigenvalue weighted by Gasteiger charge is -2.02. The molecule has 0 radical (unpaired) electrons. The summed E-state index contributed by atoms with van der Waals surface area (Å²) in [5.41, 5.74) is 0.770. The second-order valence-electron chi connectivity index (χ2n) is 1.69. The Labute approximate surface area is 83.2 Å². The molecule has 4 heteroatoms. The molecule has 0 aliphatic rings. The van der Waals surface area contributed by atoms with E-state index in [0.717, 1.165) is 5.69 Å². The summed E-state index contributed by atoms with van der Waals surface area (Å²) in [7, 11) is 0. The molecule has 0 unspecified atom stereocenters. The molecule has 0 heterocycles. The maximum absolute atomic E-state index is 5.78. The van der Waals surface area contributed by atoms with Crippen LogP contribution in [0.3, 0.4) is 0 Å². The molecule has 1 N–H and O–H groups in total. The average Bonchev–Trinajstić information content (AvgIpc) is 1.88. The number of hydrogen-bond donors (Lipinski definition) is 1. The zero-order chi connectivity index (χ0) is 7.56. The molecule has 10 heavy (non-hydrogen) atoms. The molecule has 1 aromatic carbocycles. The molecule has 0 aliphatic heterocycles. The predicted octanol–water partition coefficient (Wildman–Crippen LogP) is 3.76. The van der Waals surface area contributed by atoms with Crippen LogP contribution in [0.1, 0.15) is 0 Å². The maximum Gasteiger partial charge on any atom is 0.0805 e. The topological polar surface area (TPSA) is 12.0 Å². The van der Waals surface area contributed by atoms with Crippen molar-refractivity contribution in [3.8, 4) is 0 Å². The molecular formula is C6H4Cl2IN.